The van der Waals surface area contributed by atoms with Gasteiger partial charge in [-0.15, -0.1) is 0 Å². The van der Waals surface area contributed by atoms with Crippen molar-refractivity contribution in [2.24, 2.45) is 0 Å². The van der Waals surface area contributed by atoms with Gasteiger partial charge in [0.25, 0.3) is 0 Å². The molecular formula is C46H28N2OS2. The van der Waals surface area contributed by atoms with Crippen molar-refractivity contribution in [3.63, 3.8) is 0 Å². The van der Waals surface area contributed by atoms with Crippen molar-refractivity contribution in [3.8, 4) is 11.1 Å². The third-order valence-corrected chi connectivity index (χ3v) is 12.6. The molecule has 2 aliphatic heterocycles. The molecule has 0 bridgehead atoms. The molecule has 240 valence electrons. The monoisotopic (exact) mass is 688 g/mol. The number of para-hydroxylation sites is 2. The highest BCUT2D eigenvalue weighted by Crippen LogP contribution is 2.55. The number of anilines is 5. The normalized spacial score (nSPS) is 13.8. The molecule has 0 atom stereocenters. The fraction of sp³-hybridized carbons (Fsp3) is 0.0217. The molecule has 0 unspecified atom stereocenters. The summed E-state index contributed by atoms with van der Waals surface area (Å²) >= 11 is 3.65. The summed E-state index contributed by atoms with van der Waals surface area (Å²) in [4.78, 5) is 23.7. The van der Waals surface area contributed by atoms with E-state index in [0.717, 1.165) is 39.2 Å². The number of hydrogen-bond acceptors (Lipinski definition) is 5. The van der Waals surface area contributed by atoms with Crippen LogP contribution in [0.4, 0.5) is 28.4 Å². The molecule has 0 amide bonds. The molecule has 11 rings (SSSR count). The number of hydrogen-bond donors (Lipinski definition) is 0. The molecular weight excluding hydrogens is 661 g/mol. The molecule has 0 aromatic heterocycles. The number of fused-ring (bicyclic) bond motifs is 11. The quantitative estimate of drug-likeness (QED) is 0.184. The van der Waals surface area contributed by atoms with E-state index in [4.69, 9.17) is 0 Å². The molecule has 0 fully saturated rings. The first-order chi connectivity index (χ1) is 25.2. The van der Waals surface area contributed by atoms with E-state index in [0.29, 0.717) is 6.54 Å². The summed E-state index contributed by atoms with van der Waals surface area (Å²) in [6.45, 7) is 0.686. The minimum Gasteiger partial charge on any atom is -0.335 e. The Morgan fingerprint density at radius 3 is 1.76 bits per heavy atom. The standard InChI is InChI=1S/C46H28N2OS2/c49-46-34-21-17-28(27-47-38-13-5-7-15-40(38)50-42-23-18-29-9-1-3-11-32(29)44(42)47)25-36(34)37-26-31(20-22-35(37)46)48-39-14-6-8-16-41(39)51-43-24-19-30-10-2-4-12-33(30)45(43)48/h1-26H,27H2. The lowest BCUT2D eigenvalue weighted by Gasteiger charge is -2.34. The van der Waals surface area contributed by atoms with Gasteiger partial charge in [-0.25, -0.2) is 0 Å². The van der Waals surface area contributed by atoms with E-state index in [1.807, 2.05) is 35.7 Å². The van der Waals surface area contributed by atoms with Gasteiger partial charge in [-0.3, -0.25) is 4.79 Å². The molecule has 3 nitrogen and oxygen atoms in total. The summed E-state index contributed by atoms with van der Waals surface area (Å²) in [5.41, 5.74) is 10.5. The Labute approximate surface area is 304 Å². The van der Waals surface area contributed by atoms with Gasteiger partial charge in [-0.2, -0.15) is 0 Å². The lowest BCUT2D eigenvalue weighted by atomic mass is 10.0. The molecule has 5 heteroatoms. The summed E-state index contributed by atoms with van der Waals surface area (Å²) < 4.78 is 0. The predicted molar refractivity (Wildman–Crippen MR) is 212 cm³/mol. The van der Waals surface area contributed by atoms with Crippen LogP contribution in [0.2, 0.25) is 0 Å². The minimum absolute atomic E-state index is 0.0922. The lowest BCUT2D eigenvalue weighted by Crippen LogP contribution is -2.20. The average Bonchev–Trinajstić information content (AvgIpc) is 3.46. The summed E-state index contributed by atoms with van der Waals surface area (Å²) in [7, 11) is 0. The highest BCUT2D eigenvalue weighted by molar-refractivity contribution is 8.00. The van der Waals surface area contributed by atoms with E-state index in [9.17, 15) is 4.79 Å². The fourth-order valence-electron chi connectivity index (χ4n) is 8.08. The van der Waals surface area contributed by atoms with Gasteiger partial charge in [0, 0.05) is 53.7 Å². The van der Waals surface area contributed by atoms with Crippen LogP contribution in [-0.2, 0) is 6.54 Å². The van der Waals surface area contributed by atoms with E-state index in [1.165, 1.54) is 58.2 Å². The van der Waals surface area contributed by atoms with Gasteiger partial charge in [0.2, 0.25) is 0 Å². The van der Waals surface area contributed by atoms with E-state index in [1.54, 1.807) is 0 Å². The Morgan fingerprint density at radius 1 is 0.451 bits per heavy atom. The van der Waals surface area contributed by atoms with Crippen molar-refractivity contribution in [2.45, 2.75) is 26.1 Å². The van der Waals surface area contributed by atoms with Gasteiger partial charge in [0.1, 0.15) is 0 Å². The maximum atomic E-state index is 13.9. The molecule has 0 radical (unpaired) electrons. The van der Waals surface area contributed by atoms with Gasteiger partial charge >= 0.3 is 0 Å². The number of nitrogens with zero attached hydrogens (tertiary/aromatic N) is 2. The van der Waals surface area contributed by atoms with Crippen LogP contribution in [0.15, 0.2) is 177 Å². The Morgan fingerprint density at radius 2 is 1.02 bits per heavy atom. The SMILES string of the molecule is O=C1c2ccc(CN3c4ccccc4Sc4ccc5ccccc5c43)cc2-c2cc(N3c4ccccc4Sc4ccc5ccccc5c43)ccc21. The highest BCUT2D eigenvalue weighted by Gasteiger charge is 2.32. The van der Waals surface area contributed by atoms with E-state index >= 15 is 0 Å². The molecule has 0 saturated carbocycles. The zero-order valence-corrected chi connectivity index (χ0v) is 29.0. The molecule has 0 spiro atoms. The average molecular weight is 689 g/mol. The first-order valence-electron chi connectivity index (χ1n) is 17.2. The molecule has 8 aromatic rings. The van der Waals surface area contributed by atoms with Crippen LogP contribution in [0.25, 0.3) is 32.7 Å². The molecule has 0 N–H and O–H groups in total. The van der Waals surface area contributed by atoms with Crippen LogP contribution >= 0.6 is 23.5 Å². The minimum atomic E-state index is 0.0922. The summed E-state index contributed by atoms with van der Waals surface area (Å²) in [6, 6.07) is 56.3. The second-order valence-corrected chi connectivity index (χ2v) is 15.4. The molecule has 1 aliphatic carbocycles. The fourth-order valence-corrected chi connectivity index (χ4v) is 10.3. The maximum Gasteiger partial charge on any atom is 0.194 e. The maximum absolute atomic E-state index is 13.9. The Bertz CT molecular complexity index is 2790. The van der Waals surface area contributed by atoms with Crippen LogP contribution in [0.5, 0.6) is 0 Å². The second kappa shape index (κ2) is 11.1. The number of carbonyl (C=O) groups is 1. The topological polar surface area (TPSA) is 23.6 Å². The van der Waals surface area contributed by atoms with Crippen molar-refractivity contribution >= 4 is 79.3 Å². The number of carbonyl (C=O) groups excluding carboxylic acids is 1. The Hall–Kier alpha value is -5.75. The summed E-state index contributed by atoms with van der Waals surface area (Å²) in [5.74, 6) is 0.0922. The van der Waals surface area contributed by atoms with Crippen molar-refractivity contribution in [2.75, 3.05) is 9.80 Å². The van der Waals surface area contributed by atoms with E-state index in [2.05, 4.69) is 155 Å². The second-order valence-electron chi connectivity index (χ2n) is 13.3. The first-order valence-corrected chi connectivity index (χ1v) is 18.8. The highest BCUT2D eigenvalue weighted by atomic mass is 32.2. The number of ketones is 1. The van der Waals surface area contributed by atoms with Gasteiger partial charge in [-0.1, -0.05) is 121 Å². The first kappa shape index (κ1) is 29.0. The number of benzene rings is 8. The predicted octanol–water partition coefficient (Wildman–Crippen LogP) is 12.9. The van der Waals surface area contributed by atoms with Crippen LogP contribution in [-0.4, -0.2) is 5.78 Å². The zero-order valence-electron chi connectivity index (χ0n) is 27.3. The van der Waals surface area contributed by atoms with Crippen molar-refractivity contribution < 1.29 is 4.79 Å². The van der Waals surface area contributed by atoms with Gasteiger partial charge in [0.15, 0.2) is 5.78 Å². The van der Waals surface area contributed by atoms with Crippen LogP contribution in [0.1, 0.15) is 21.5 Å². The van der Waals surface area contributed by atoms with Gasteiger partial charge < -0.3 is 9.80 Å². The van der Waals surface area contributed by atoms with Gasteiger partial charge in [-0.05, 0) is 88.1 Å². The van der Waals surface area contributed by atoms with E-state index in [-0.39, 0.29) is 5.78 Å². The smallest absolute Gasteiger partial charge is 0.194 e. The molecule has 3 aliphatic rings. The molecule has 0 saturated heterocycles. The largest absolute Gasteiger partial charge is 0.335 e. The van der Waals surface area contributed by atoms with Crippen LogP contribution in [0.3, 0.4) is 0 Å². The van der Waals surface area contributed by atoms with E-state index < -0.39 is 0 Å². The third-order valence-electron chi connectivity index (χ3n) is 10.4. The summed E-state index contributed by atoms with van der Waals surface area (Å²) in [6.07, 6.45) is 0. The molecule has 51 heavy (non-hydrogen) atoms. The van der Waals surface area contributed by atoms with Crippen LogP contribution in [0, 0.1) is 0 Å². The Balaban J connectivity index is 1.05. The van der Waals surface area contributed by atoms with Crippen molar-refractivity contribution in [1.82, 2.24) is 0 Å². The number of rotatable bonds is 3. The summed E-state index contributed by atoms with van der Waals surface area (Å²) in [5, 5.41) is 4.90. The third kappa shape index (κ3) is 4.38. The van der Waals surface area contributed by atoms with Crippen molar-refractivity contribution in [3.05, 3.63) is 174 Å². The Kier molecular flexibility index (Phi) is 6.33. The van der Waals surface area contributed by atoms with Crippen LogP contribution < -0.4 is 9.80 Å². The lowest BCUT2D eigenvalue weighted by molar-refractivity contribution is 0.104. The molecule has 2 heterocycles. The van der Waals surface area contributed by atoms with Gasteiger partial charge in [0.05, 0.1) is 22.7 Å². The molecule has 8 aromatic carbocycles. The zero-order chi connectivity index (χ0) is 33.6. The van der Waals surface area contributed by atoms with Crippen molar-refractivity contribution in [1.29, 1.82) is 0 Å².